The molecule has 0 atom stereocenters. The normalized spacial score (nSPS) is 19.1. The van der Waals surface area contributed by atoms with Gasteiger partial charge in [-0.25, -0.2) is 4.79 Å². The zero-order valence-electron chi connectivity index (χ0n) is 7.47. The quantitative estimate of drug-likeness (QED) is 0.556. The summed E-state index contributed by atoms with van der Waals surface area (Å²) in [6, 6.07) is 0. The molecule has 1 aliphatic rings. The lowest BCUT2D eigenvalue weighted by Crippen LogP contribution is -2.43. The van der Waals surface area contributed by atoms with E-state index in [2.05, 4.69) is 20.2 Å². The number of rotatable bonds is 2. The van der Waals surface area contributed by atoms with E-state index < -0.39 is 0 Å². The van der Waals surface area contributed by atoms with Gasteiger partial charge < -0.3 is 15.3 Å². The average Bonchev–Trinajstić information content (AvgIpc) is 2.53. The first-order valence-electron chi connectivity index (χ1n) is 4.54. The average molecular weight is 182 g/mol. The Morgan fingerprint density at radius 3 is 2.77 bits per heavy atom. The van der Waals surface area contributed by atoms with Crippen molar-refractivity contribution >= 4 is 0 Å². The highest BCUT2D eigenvalue weighted by atomic mass is 16.1. The maximum atomic E-state index is 10.8. The second kappa shape index (κ2) is 3.76. The van der Waals surface area contributed by atoms with Crippen LogP contribution in [0.25, 0.3) is 0 Å². The Labute approximate surface area is 76.2 Å². The Bertz CT molecular complexity index is 310. The molecule has 0 saturated carbocycles. The molecule has 5 heteroatoms. The molecule has 0 amide bonds. The molecule has 0 radical (unpaired) electrons. The highest BCUT2D eigenvalue weighted by molar-refractivity contribution is 4.94. The summed E-state index contributed by atoms with van der Waals surface area (Å²) in [6.45, 7) is 5.00. The van der Waals surface area contributed by atoms with Crippen LogP contribution in [0.5, 0.6) is 0 Å². The van der Waals surface area contributed by atoms with Crippen LogP contribution in [0.3, 0.4) is 0 Å². The molecule has 1 saturated heterocycles. The predicted octanol–water partition coefficient (Wildman–Crippen LogP) is -0.892. The third-order valence-corrected chi connectivity index (χ3v) is 2.26. The molecule has 0 bridgehead atoms. The fourth-order valence-corrected chi connectivity index (χ4v) is 1.57. The Morgan fingerprint density at radius 2 is 2.15 bits per heavy atom. The van der Waals surface area contributed by atoms with Gasteiger partial charge in [0, 0.05) is 44.6 Å². The second-order valence-corrected chi connectivity index (χ2v) is 3.29. The fourth-order valence-electron chi connectivity index (χ4n) is 1.57. The summed E-state index contributed by atoms with van der Waals surface area (Å²) in [5.41, 5.74) is 0.844. The van der Waals surface area contributed by atoms with Crippen LogP contribution in [0.15, 0.2) is 11.0 Å². The van der Waals surface area contributed by atoms with Crippen LogP contribution >= 0.6 is 0 Å². The molecule has 13 heavy (non-hydrogen) atoms. The van der Waals surface area contributed by atoms with Crippen molar-refractivity contribution in [3.8, 4) is 0 Å². The summed E-state index contributed by atoms with van der Waals surface area (Å²) in [5, 5.41) is 3.28. The number of aromatic nitrogens is 2. The summed E-state index contributed by atoms with van der Waals surface area (Å²) >= 11 is 0. The first kappa shape index (κ1) is 8.52. The monoisotopic (exact) mass is 182 g/mol. The van der Waals surface area contributed by atoms with Gasteiger partial charge in [0.05, 0.1) is 0 Å². The summed E-state index contributed by atoms with van der Waals surface area (Å²) in [7, 11) is 0. The molecule has 1 aromatic rings. The lowest BCUT2D eigenvalue weighted by Gasteiger charge is -2.26. The molecule has 0 spiro atoms. The molecule has 2 rings (SSSR count). The van der Waals surface area contributed by atoms with Crippen molar-refractivity contribution in [3.63, 3.8) is 0 Å². The van der Waals surface area contributed by atoms with E-state index in [-0.39, 0.29) is 5.69 Å². The third-order valence-electron chi connectivity index (χ3n) is 2.26. The largest absolute Gasteiger partial charge is 0.323 e. The Morgan fingerprint density at radius 1 is 1.38 bits per heavy atom. The smallest absolute Gasteiger partial charge is 0.314 e. The zero-order chi connectivity index (χ0) is 9.10. The van der Waals surface area contributed by atoms with Gasteiger partial charge in [0.15, 0.2) is 0 Å². The van der Waals surface area contributed by atoms with Crippen LogP contribution < -0.4 is 11.0 Å². The number of aromatic amines is 2. The summed E-state index contributed by atoms with van der Waals surface area (Å²) in [6.07, 6.45) is 1.74. The maximum absolute atomic E-state index is 10.8. The molecule has 1 aromatic heterocycles. The van der Waals surface area contributed by atoms with E-state index in [0.717, 1.165) is 38.4 Å². The number of hydrogen-bond donors (Lipinski definition) is 3. The van der Waals surface area contributed by atoms with E-state index in [1.807, 2.05) is 0 Å². The number of hydrogen-bond acceptors (Lipinski definition) is 3. The van der Waals surface area contributed by atoms with Crippen LogP contribution in [0.1, 0.15) is 5.69 Å². The molecule has 72 valence electrons. The van der Waals surface area contributed by atoms with E-state index in [1.54, 1.807) is 6.20 Å². The summed E-state index contributed by atoms with van der Waals surface area (Å²) in [4.78, 5) is 18.5. The highest BCUT2D eigenvalue weighted by Crippen LogP contribution is 1.99. The Kier molecular flexibility index (Phi) is 2.47. The first-order valence-corrected chi connectivity index (χ1v) is 4.54. The molecule has 5 nitrogen and oxygen atoms in total. The Hall–Kier alpha value is -1.07. The molecule has 0 unspecified atom stereocenters. The number of nitrogens with zero attached hydrogens (tertiary/aromatic N) is 1. The van der Waals surface area contributed by atoms with E-state index >= 15 is 0 Å². The van der Waals surface area contributed by atoms with Crippen molar-refractivity contribution in [2.45, 2.75) is 6.54 Å². The standard InChI is InChI=1S/C8H14N4O/c13-8-10-5-7(11-8)6-12-3-1-9-2-4-12/h5,9H,1-4,6H2,(H2,10,11,13). The van der Waals surface area contributed by atoms with Crippen molar-refractivity contribution < 1.29 is 0 Å². The fraction of sp³-hybridized carbons (Fsp3) is 0.625. The molecular formula is C8H14N4O. The van der Waals surface area contributed by atoms with E-state index in [1.165, 1.54) is 0 Å². The molecule has 0 aliphatic carbocycles. The van der Waals surface area contributed by atoms with Crippen molar-refractivity contribution in [2.75, 3.05) is 26.2 Å². The van der Waals surface area contributed by atoms with Gasteiger partial charge in [-0.2, -0.15) is 0 Å². The van der Waals surface area contributed by atoms with Gasteiger partial charge >= 0.3 is 5.69 Å². The lowest BCUT2D eigenvalue weighted by atomic mass is 10.3. The van der Waals surface area contributed by atoms with E-state index in [4.69, 9.17) is 0 Å². The van der Waals surface area contributed by atoms with Crippen molar-refractivity contribution in [3.05, 3.63) is 22.4 Å². The van der Waals surface area contributed by atoms with Crippen molar-refractivity contribution in [1.29, 1.82) is 0 Å². The van der Waals surface area contributed by atoms with E-state index in [9.17, 15) is 4.79 Å². The molecule has 3 N–H and O–H groups in total. The topological polar surface area (TPSA) is 63.9 Å². The van der Waals surface area contributed by atoms with Crippen molar-refractivity contribution in [1.82, 2.24) is 20.2 Å². The highest BCUT2D eigenvalue weighted by Gasteiger charge is 2.10. The lowest BCUT2D eigenvalue weighted by molar-refractivity contribution is 0.231. The SMILES string of the molecule is O=c1[nH]cc(CN2CCNCC2)[nH]1. The van der Waals surface area contributed by atoms with Crippen LogP contribution in [0.4, 0.5) is 0 Å². The van der Waals surface area contributed by atoms with Crippen LogP contribution in [0, 0.1) is 0 Å². The van der Waals surface area contributed by atoms with Gasteiger partial charge in [-0.05, 0) is 0 Å². The first-order chi connectivity index (χ1) is 6.34. The van der Waals surface area contributed by atoms with Gasteiger partial charge in [0.2, 0.25) is 0 Å². The molecule has 0 aromatic carbocycles. The third kappa shape index (κ3) is 2.19. The Balaban J connectivity index is 1.93. The number of H-pyrrole nitrogens is 2. The minimum absolute atomic E-state index is 0.120. The van der Waals surface area contributed by atoms with Gasteiger partial charge in [-0.1, -0.05) is 0 Å². The molecule has 1 aliphatic heterocycles. The van der Waals surface area contributed by atoms with Gasteiger partial charge in [0.25, 0.3) is 0 Å². The second-order valence-electron chi connectivity index (χ2n) is 3.29. The number of imidazole rings is 1. The minimum atomic E-state index is -0.120. The maximum Gasteiger partial charge on any atom is 0.323 e. The van der Waals surface area contributed by atoms with Crippen molar-refractivity contribution in [2.24, 2.45) is 0 Å². The van der Waals surface area contributed by atoms with Crippen LogP contribution in [-0.2, 0) is 6.54 Å². The zero-order valence-corrected chi connectivity index (χ0v) is 7.47. The van der Waals surface area contributed by atoms with Gasteiger partial charge in [0.1, 0.15) is 0 Å². The molecule has 1 fully saturated rings. The van der Waals surface area contributed by atoms with Crippen LogP contribution in [0.2, 0.25) is 0 Å². The van der Waals surface area contributed by atoms with Gasteiger partial charge in [-0.3, -0.25) is 4.90 Å². The summed E-state index contributed by atoms with van der Waals surface area (Å²) < 4.78 is 0. The minimum Gasteiger partial charge on any atom is -0.314 e. The van der Waals surface area contributed by atoms with Crippen LogP contribution in [-0.4, -0.2) is 41.0 Å². The summed E-state index contributed by atoms with van der Waals surface area (Å²) in [5.74, 6) is 0. The van der Waals surface area contributed by atoms with E-state index in [0.29, 0.717) is 0 Å². The molecular weight excluding hydrogens is 168 g/mol. The number of piperazine rings is 1. The molecule has 2 heterocycles. The van der Waals surface area contributed by atoms with Gasteiger partial charge in [-0.15, -0.1) is 0 Å². The number of nitrogens with one attached hydrogen (secondary N) is 3. The predicted molar refractivity (Wildman–Crippen MR) is 49.6 cm³/mol.